The lowest BCUT2D eigenvalue weighted by atomic mass is 9.96. The van der Waals surface area contributed by atoms with Crippen LogP contribution in [-0.2, 0) is 55.9 Å². The zero-order valence-electron chi connectivity index (χ0n) is 43.5. The molecular formula is C52H81N7O11. The Hall–Kier alpha value is -6.04. The van der Waals surface area contributed by atoms with Crippen molar-refractivity contribution in [2.24, 2.45) is 23.7 Å². The first-order valence-electron chi connectivity index (χ1n) is 24.3. The number of aliphatic hydroxyl groups is 1. The number of nitrogens with one attached hydrogen (secondary N) is 7. The van der Waals surface area contributed by atoms with E-state index in [0.29, 0.717) is 12.0 Å². The van der Waals surface area contributed by atoms with E-state index in [2.05, 4.69) is 37.2 Å². The van der Waals surface area contributed by atoms with Crippen LogP contribution in [0.25, 0.3) is 0 Å². The summed E-state index contributed by atoms with van der Waals surface area (Å²) in [6.45, 7) is 21.3. The topological polar surface area (TPSA) is 259 Å². The number of carbonyl (C=O) groups is 8. The summed E-state index contributed by atoms with van der Waals surface area (Å²) < 4.78 is 10.3. The van der Waals surface area contributed by atoms with Gasteiger partial charge in [-0.1, -0.05) is 116 Å². The van der Waals surface area contributed by atoms with E-state index < -0.39 is 114 Å². The molecule has 18 nitrogen and oxygen atoms in total. The van der Waals surface area contributed by atoms with Crippen LogP contribution in [0, 0.1) is 23.7 Å². The normalized spacial score (nSPS) is 15.0. The molecule has 0 aliphatic carbocycles. The number of rotatable bonds is 27. The van der Waals surface area contributed by atoms with Gasteiger partial charge in [0.25, 0.3) is 0 Å². The number of benzene rings is 2. The first kappa shape index (κ1) is 60.1. The molecule has 0 aromatic heterocycles. The maximum absolute atomic E-state index is 14.0. The van der Waals surface area contributed by atoms with Crippen LogP contribution in [-0.4, -0.2) is 114 Å². The highest BCUT2D eigenvalue weighted by Gasteiger charge is 2.35. The van der Waals surface area contributed by atoms with E-state index >= 15 is 0 Å². The highest BCUT2D eigenvalue weighted by Crippen LogP contribution is 2.15. The quantitative estimate of drug-likeness (QED) is 0.0594. The van der Waals surface area contributed by atoms with Crippen LogP contribution < -0.4 is 37.2 Å². The fourth-order valence-electron chi connectivity index (χ4n) is 7.51. The molecule has 0 aliphatic heterocycles. The second kappa shape index (κ2) is 29.2. The maximum Gasteiger partial charge on any atom is 0.408 e. The number of alkyl carbamates (subject to hydrolysis) is 1. The van der Waals surface area contributed by atoms with Crippen LogP contribution in [0.15, 0.2) is 60.7 Å². The molecule has 70 heavy (non-hydrogen) atoms. The number of amides is 7. The molecule has 0 saturated carbocycles. The lowest BCUT2D eigenvalue weighted by Crippen LogP contribution is -2.58. The Bertz CT molecular complexity index is 2010. The Morgan fingerprint density at radius 2 is 0.986 bits per heavy atom. The predicted molar refractivity (Wildman–Crippen MR) is 267 cm³/mol. The fraction of sp³-hybridized carbons (Fsp3) is 0.615. The van der Waals surface area contributed by atoms with Gasteiger partial charge in [-0.15, -0.1) is 0 Å². The van der Waals surface area contributed by atoms with Crippen LogP contribution >= 0.6 is 0 Å². The predicted octanol–water partition coefficient (Wildman–Crippen LogP) is 4.01. The molecule has 8 atom stereocenters. The molecule has 0 saturated heterocycles. The lowest BCUT2D eigenvalue weighted by molar-refractivity contribution is -0.146. The lowest BCUT2D eigenvalue weighted by Gasteiger charge is -2.29. The average Bonchev–Trinajstić information content (AvgIpc) is 3.25. The Balaban J connectivity index is 2.25. The Labute approximate surface area is 414 Å². The molecule has 0 aliphatic rings. The molecule has 0 unspecified atom stereocenters. The van der Waals surface area contributed by atoms with Gasteiger partial charge < -0.3 is 51.8 Å². The van der Waals surface area contributed by atoms with Gasteiger partial charge in [-0.2, -0.15) is 0 Å². The average molecular weight is 980 g/mol. The minimum absolute atomic E-state index is 0.0364. The van der Waals surface area contributed by atoms with Crippen molar-refractivity contribution in [2.75, 3.05) is 7.11 Å². The number of hydrogen-bond acceptors (Lipinski definition) is 11. The smallest absolute Gasteiger partial charge is 0.408 e. The van der Waals surface area contributed by atoms with Gasteiger partial charge in [-0.3, -0.25) is 28.8 Å². The number of aliphatic hydroxyl groups excluding tert-OH is 1. The van der Waals surface area contributed by atoms with Gasteiger partial charge in [-0.05, 0) is 81.8 Å². The zero-order chi connectivity index (χ0) is 52.9. The minimum atomic E-state index is -1.44. The molecule has 0 radical (unpaired) electrons. The largest absolute Gasteiger partial charge is 0.467 e. The number of methoxy groups -OCH3 is 1. The number of carbonyl (C=O) groups excluding carboxylic acids is 8. The van der Waals surface area contributed by atoms with E-state index in [1.807, 2.05) is 47.6 Å². The number of ether oxygens (including phenoxy) is 2. The first-order valence-corrected chi connectivity index (χ1v) is 24.3. The van der Waals surface area contributed by atoms with E-state index in [0.717, 1.165) is 5.56 Å². The van der Waals surface area contributed by atoms with Gasteiger partial charge in [0.15, 0.2) is 0 Å². The molecule has 2 rings (SSSR count). The summed E-state index contributed by atoms with van der Waals surface area (Å²) in [5, 5.41) is 30.5. The van der Waals surface area contributed by atoms with Gasteiger partial charge in [0.1, 0.15) is 41.9 Å². The third-order valence-electron chi connectivity index (χ3n) is 11.0. The van der Waals surface area contributed by atoms with Crippen molar-refractivity contribution in [3.8, 4) is 0 Å². The molecule has 2 aromatic rings. The molecule has 0 bridgehead atoms. The van der Waals surface area contributed by atoms with Gasteiger partial charge in [0.05, 0.1) is 25.7 Å². The van der Waals surface area contributed by atoms with Crippen molar-refractivity contribution in [1.82, 2.24) is 37.2 Å². The van der Waals surface area contributed by atoms with Gasteiger partial charge in [0, 0.05) is 12.8 Å². The van der Waals surface area contributed by atoms with Gasteiger partial charge >= 0.3 is 12.1 Å². The van der Waals surface area contributed by atoms with Crippen LogP contribution in [0.4, 0.5) is 4.79 Å². The van der Waals surface area contributed by atoms with E-state index in [9.17, 15) is 43.5 Å². The van der Waals surface area contributed by atoms with Crippen molar-refractivity contribution >= 4 is 47.5 Å². The SMILES string of the molecule is COC(=O)[C@H](CC(C)C)NC(=O)[C@@H](NC(=O)[C@H](Cc1ccccc1)NC(=O)C[C@H](O)[C@H](CC(C)C)NC(=O)[C@H](C)NC(=O)[C@H](CC(C)C)NC(=O)[C@H](Cc1ccccc1)NC(=O)OC(C)(C)C)C(C)C. The Morgan fingerprint density at radius 1 is 0.529 bits per heavy atom. The highest BCUT2D eigenvalue weighted by atomic mass is 16.6. The molecule has 8 N–H and O–H groups in total. The molecule has 390 valence electrons. The monoisotopic (exact) mass is 980 g/mol. The van der Waals surface area contributed by atoms with E-state index in [-0.39, 0.29) is 43.4 Å². The summed E-state index contributed by atoms with van der Waals surface area (Å²) in [5.74, 6) is -5.06. The fourth-order valence-corrected chi connectivity index (χ4v) is 7.51. The van der Waals surface area contributed by atoms with Crippen LogP contribution in [0.1, 0.15) is 120 Å². The Kier molecular flexibility index (Phi) is 25.1. The second-order valence-corrected chi connectivity index (χ2v) is 20.6. The van der Waals surface area contributed by atoms with Crippen molar-refractivity contribution in [3.63, 3.8) is 0 Å². The number of hydrogen-bond donors (Lipinski definition) is 8. The number of esters is 1. The highest BCUT2D eigenvalue weighted by molar-refractivity contribution is 5.95. The summed E-state index contributed by atoms with van der Waals surface area (Å²) in [5.41, 5.74) is 0.632. The van der Waals surface area contributed by atoms with Crippen LogP contribution in [0.2, 0.25) is 0 Å². The molecule has 0 fully saturated rings. The summed E-state index contributed by atoms with van der Waals surface area (Å²) >= 11 is 0. The second-order valence-electron chi connectivity index (χ2n) is 20.6. The van der Waals surface area contributed by atoms with E-state index in [1.165, 1.54) is 14.0 Å². The molecule has 0 heterocycles. The third kappa shape index (κ3) is 22.6. The van der Waals surface area contributed by atoms with Gasteiger partial charge in [-0.25, -0.2) is 9.59 Å². The molecule has 7 amide bonds. The first-order chi connectivity index (χ1) is 32.7. The van der Waals surface area contributed by atoms with Crippen molar-refractivity contribution in [3.05, 3.63) is 71.8 Å². The summed E-state index contributed by atoms with van der Waals surface area (Å²) in [6, 6.07) is 10.4. The van der Waals surface area contributed by atoms with Crippen LogP contribution in [0.3, 0.4) is 0 Å². The molecule has 2 aromatic carbocycles. The zero-order valence-corrected chi connectivity index (χ0v) is 43.5. The summed E-state index contributed by atoms with van der Waals surface area (Å²) in [6.07, 6.45) is -1.88. The van der Waals surface area contributed by atoms with Crippen molar-refractivity contribution < 1.29 is 52.9 Å². The Morgan fingerprint density at radius 3 is 1.46 bits per heavy atom. The molecular weight excluding hydrogens is 899 g/mol. The van der Waals surface area contributed by atoms with E-state index in [1.54, 1.807) is 89.2 Å². The third-order valence-corrected chi connectivity index (χ3v) is 11.0. The van der Waals surface area contributed by atoms with Gasteiger partial charge in [0.2, 0.25) is 35.4 Å². The summed E-state index contributed by atoms with van der Waals surface area (Å²) in [7, 11) is 1.23. The standard InChI is InChI=1S/C52H81N7O11/c1-30(2)24-37(55-45(62)34(9)53-46(63)38(25-31(3)4)56-47(64)40(28-36-22-18-15-19-23-36)58-51(68)70-52(10,11)12)42(60)29-43(61)54-39(27-35-20-16-14-17-21-35)48(65)59-44(33(7)8)49(66)57-41(26-32(5)6)50(67)69-13/h14-23,30-34,37-42,44,60H,24-29H2,1-13H3,(H,53,63)(H,54,61)(H,55,62)(H,56,64)(H,57,66)(H,58,68)(H,59,65)/t34-,37-,38-,39-,40-,41-,42-,44-/m0/s1. The van der Waals surface area contributed by atoms with Crippen molar-refractivity contribution in [2.45, 2.75) is 176 Å². The summed E-state index contributed by atoms with van der Waals surface area (Å²) in [4.78, 5) is 108. The van der Waals surface area contributed by atoms with Crippen LogP contribution in [0.5, 0.6) is 0 Å². The minimum Gasteiger partial charge on any atom is -0.467 e. The maximum atomic E-state index is 14.0. The van der Waals surface area contributed by atoms with Crippen molar-refractivity contribution in [1.29, 1.82) is 0 Å². The van der Waals surface area contributed by atoms with E-state index in [4.69, 9.17) is 9.47 Å². The molecule has 18 heteroatoms. The molecule has 0 spiro atoms.